The highest BCUT2D eigenvalue weighted by Gasteiger charge is 2.34. The Labute approximate surface area is 168 Å². The zero-order valence-electron chi connectivity index (χ0n) is 16.9. The van der Waals surface area contributed by atoms with Crippen LogP contribution in [0.1, 0.15) is 43.4 Å². The van der Waals surface area contributed by atoms with Crippen LogP contribution in [0, 0.1) is 13.8 Å². The minimum absolute atomic E-state index is 0. The normalized spacial score (nSPS) is 15.4. The van der Waals surface area contributed by atoms with Gasteiger partial charge in [-0.1, -0.05) is 50.2 Å². The van der Waals surface area contributed by atoms with E-state index in [0.717, 1.165) is 34.0 Å². The third-order valence-electron chi connectivity index (χ3n) is 4.68. The fraction of sp³-hybridized carbons (Fsp3) is 0.250. The maximum Gasteiger partial charge on any atom is 0.170 e. The lowest BCUT2D eigenvalue weighted by Gasteiger charge is -2.39. The second kappa shape index (κ2) is 8.70. The summed E-state index contributed by atoms with van der Waals surface area (Å²) >= 11 is 0. The van der Waals surface area contributed by atoms with E-state index in [9.17, 15) is 4.79 Å². The van der Waals surface area contributed by atoms with E-state index in [1.807, 2.05) is 82.3 Å². The summed E-state index contributed by atoms with van der Waals surface area (Å²) < 4.78 is 0. The van der Waals surface area contributed by atoms with Crippen molar-refractivity contribution in [2.75, 3.05) is 10.2 Å². The molecule has 0 saturated carbocycles. The molecule has 0 spiro atoms. The van der Waals surface area contributed by atoms with Crippen molar-refractivity contribution in [1.82, 2.24) is 4.98 Å². The highest BCUT2D eigenvalue weighted by molar-refractivity contribution is 6.06. The van der Waals surface area contributed by atoms with Gasteiger partial charge in [0.1, 0.15) is 6.17 Å². The summed E-state index contributed by atoms with van der Waals surface area (Å²) in [6.45, 7) is 7.88. The molecule has 2 heterocycles. The average Bonchev–Trinajstić information content (AvgIpc) is 2.70. The van der Waals surface area contributed by atoms with Crippen molar-refractivity contribution < 1.29 is 6.22 Å². The van der Waals surface area contributed by atoms with Gasteiger partial charge in [0.25, 0.3) is 0 Å². The van der Waals surface area contributed by atoms with Crippen molar-refractivity contribution in [3.05, 3.63) is 83.7 Å². The Morgan fingerprint density at radius 2 is 1.61 bits per heavy atom. The molecule has 0 radical (unpaired) electrons. The second-order valence-corrected chi connectivity index (χ2v) is 6.60. The predicted molar refractivity (Wildman–Crippen MR) is 119 cm³/mol. The van der Waals surface area contributed by atoms with E-state index in [-0.39, 0.29) is 13.4 Å². The van der Waals surface area contributed by atoms with Gasteiger partial charge in [-0.25, -0.2) is 0 Å². The number of nitrogens with one attached hydrogen (secondary N) is 1. The summed E-state index contributed by atoms with van der Waals surface area (Å²) in [6, 6.07) is 22.2. The smallest absolute Gasteiger partial charge is 0.170 e. The molecule has 0 bridgehead atoms. The van der Waals surface area contributed by atoms with Gasteiger partial charge in [-0.15, -0.1) is 0 Å². The minimum Gasteiger partial charge on any atom is -0.365 e. The number of benzene rings is 2. The number of Topliss-reactive ketones (excluding diaryl/α,β-unsaturated/α-hetero) is 1. The van der Waals surface area contributed by atoms with E-state index < -0.39 is 0 Å². The zero-order valence-corrected chi connectivity index (χ0v) is 16.9. The lowest BCUT2D eigenvalue weighted by Crippen LogP contribution is -2.44. The van der Waals surface area contributed by atoms with Crippen molar-refractivity contribution in [2.45, 2.75) is 40.3 Å². The molecule has 0 saturated heterocycles. The molecule has 4 rings (SSSR count). The summed E-state index contributed by atoms with van der Waals surface area (Å²) in [5, 5.41) is 3.52. The second-order valence-electron chi connectivity index (χ2n) is 6.60. The van der Waals surface area contributed by atoms with Crippen LogP contribution >= 0.6 is 0 Å². The number of hydrogen-bond donors (Lipinski definition) is 1. The van der Waals surface area contributed by atoms with Crippen molar-refractivity contribution in [2.24, 2.45) is 0 Å². The van der Waals surface area contributed by atoms with Gasteiger partial charge in [0.15, 0.2) is 5.78 Å². The molecule has 1 N–H and O–H groups in total. The molecule has 1 aromatic heterocycles. The third-order valence-corrected chi connectivity index (χ3v) is 4.68. The lowest BCUT2D eigenvalue weighted by molar-refractivity contribution is 0.0970. The number of carbonyl (C=O) groups is 1. The highest BCUT2D eigenvalue weighted by atomic mass is 16.1. The molecule has 1 unspecified atom stereocenters. The molecule has 3 aromatic rings. The number of rotatable bonds is 3. The molecule has 1 aliphatic rings. The SMILES string of the molecule is CC.Cc1cc2c(c(C)n1)C(=O)CC(Nc1ccccc1)N2c1ccccc1.[HH]. The highest BCUT2D eigenvalue weighted by Crippen LogP contribution is 2.38. The first-order chi connectivity index (χ1) is 13.6. The molecule has 1 atom stereocenters. The van der Waals surface area contributed by atoms with Crippen LogP contribution in [-0.4, -0.2) is 16.9 Å². The number of aryl methyl sites for hydroxylation is 2. The third kappa shape index (κ3) is 3.91. The van der Waals surface area contributed by atoms with Crippen LogP contribution in [0.3, 0.4) is 0 Å². The number of hydrogen-bond acceptors (Lipinski definition) is 4. The first-order valence-corrected chi connectivity index (χ1v) is 9.81. The number of ketones is 1. The number of aromatic nitrogens is 1. The summed E-state index contributed by atoms with van der Waals surface area (Å²) in [7, 11) is 0. The average molecular weight is 376 g/mol. The van der Waals surface area contributed by atoms with Gasteiger partial charge in [-0.3, -0.25) is 9.78 Å². The number of para-hydroxylation sites is 2. The molecule has 4 heteroatoms. The molecule has 4 nitrogen and oxygen atoms in total. The largest absolute Gasteiger partial charge is 0.365 e. The molecule has 1 aliphatic heterocycles. The summed E-state index contributed by atoms with van der Waals surface area (Å²) in [4.78, 5) is 19.6. The Morgan fingerprint density at radius 1 is 1.00 bits per heavy atom. The summed E-state index contributed by atoms with van der Waals surface area (Å²) in [5.74, 6) is 0.130. The van der Waals surface area contributed by atoms with Crippen molar-refractivity contribution in [3.8, 4) is 0 Å². The van der Waals surface area contributed by atoms with E-state index in [1.54, 1.807) is 0 Å². The standard InChI is InChI=1S/C22H21N3O.C2H6.H2/c1-15-13-19-22(16(2)23-15)20(26)14-21(24-17-9-5-3-6-10-17)25(19)18-11-7-4-8-12-18;1-2;/h3-13,21,24H,14H2,1-2H3;1-2H3;1H. The quantitative estimate of drug-likeness (QED) is 0.598. The van der Waals surface area contributed by atoms with Gasteiger partial charge in [-0.05, 0) is 44.2 Å². The van der Waals surface area contributed by atoms with E-state index in [2.05, 4.69) is 27.3 Å². The van der Waals surface area contributed by atoms with Crippen LogP contribution in [0.2, 0.25) is 0 Å². The number of fused-ring (bicyclic) bond motifs is 1. The van der Waals surface area contributed by atoms with E-state index in [4.69, 9.17) is 0 Å². The predicted octanol–water partition coefficient (Wildman–Crippen LogP) is 6.13. The molecular weight excluding hydrogens is 346 g/mol. The van der Waals surface area contributed by atoms with Crippen LogP contribution in [0.4, 0.5) is 17.1 Å². The molecule has 28 heavy (non-hydrogen) atoms. The number of carbonyl (C=O) groups excluding carboxylic acids is 1. The Kier molecular flexibility index (Phi) is 6.09. The van der Waals surface area contributed by atoms with Crippen LogP contribution in [0.5, 0.6) is 0 Å². The fourth-order valence-corrected chi connectivity index (χ4v) is 3.63. The Balaban J connectivity index is 0.000000970. The van der Waals surface area contributed by atoms with Crippen molar-refractivity contribution in [1.29, 1.82) is 0 Å². The maximum absolute atomic E-state index is 12.9. The van der Waals surface area contributed by atoms with Crippen molar-refractivity contribution >= 4 is 22.8 Å². The summed E-state index contributed by atoms with van der Waals surface area (Å²) in [5.41, 5.74) is 5.41. The molecule has 0 amide bonds. The molecule has 146 valence electrons. The Hall–Kier alpha value is -3.14. The Morgan fingerprint density at radius 3 is 2.25 bits per heavy atom. The van der Waals surface area contributed by atoms with Crippen LogP contribution in [0.15, 0.2) is 66.7 Å². The summed E-state index contributed by atoms with van der Waals surface area (Å²) in [6.07, 6.45) is 0.239. The van der Waals surface area contributed by atoms with Gasteiger partial charge in [0, 0.05) is 18.5 Å². The van der Waals surface area contributed by atoms with Gasteiger partial charge in [-0.2, -0.15) is 0 Å². The first kappa shape index (κ1) is 19.6. The van der Waals surface area contributed by atoms with Gasteiger partial charge >= 0.3 is 0 Å². The Bertz CT molecular complexity index is 945. The molecule has 0 aliphatic carbocycles. The van der Waals surface area contributed by atoms with Gasteiger partial charge in [0.2, 0.25) is 0 Å². The van der Waals surface area contributed by atoms with Crippen molar-refractivity contribution in [3.63, 3.8) is 0 Å². The number of nitrogens with zero attached hydrogens (tertiary/aromatic N) is 2. The van der Waals surface area contributed by atoms with Gasteiger partial charge < -0.3 is 10.2 Å². The zero-order chi connectivity index (χ0) is 20.1. The fourth-order valence-electron chi connectivity index (χ4n) is 3.63. The lowest BCUT2D eigenvalue weighted by atomic mass is 9.95. The monoisotopic (exact) mass is 375 g/mol. The van der Waals surface area contributed by atoms with Crippen LogP contribution in [-0.2, 0) is 0 Å². The number of pyridine rings is 1. The molecule has 0 fully saturated rings. The number of anilines is 3. The van der Waals surface area contributed by atoms with Crippen LogP contribution in [0.25, 0.3) is 0 Å². The van der Waals surface area contributed by atoms with Crippen LogP contribution < -0.4 is 10.2 Å². The first-order valence-electron chi connectivity index (χ1n) is 9.81. The molecule has 2 aromatic carbocycles. The minimum atomic E-state index is -0.152. The van der Waals surface area contributed by atoms with E-state index in [1.165, 1.54) is 0 Å². The maximum atomic E-state index is 12.9. The molecular formula is C24H29N3O. The van der Waals surface area contributed by atoms with Gasteiger partial charge in [0.05, 0.1) is 23.4 Å². The topological polar surface area (TPSA) is 45.2 Å². The van der Waals surface area contributed by atoms with E-state index >= 15 is 0 Å². The van der Waals surface area contributed by atoms with E-state index in [0.29, 0.717) is 6.42 Å².